The monoisotopic (exact) mass is 341 g/mol. The molecule has 6 nitrogen and oxygen atoms in total. The van der Waals surface area contributed by atoms with Gasteiger partial charge in [0.15, 0.2) is 13.0 Å². The summed E-state index contributed by atoms with van der Waals surface area (Å²) in [6.45, 7) is -1.08. The Morgan fingerprint density at radius 2 is 1.90 bits per heavy atom. The molecule has 3 atom stereocenters. The van der Waals surface area contributed by atoms with Gasteiger partial charge in [-0.25, -0.2) is 18.0 Å². The van der Waals surface area contributed by atoms with Crippen molar-refractivity contribution in [3.63, 3.8) is 0 Å². The molecule has 0 spiro atoms. The van der Waals surface area contributed by atoms with Crippen LogP contribution in [0.1, 0.15) is 6.92 Å². The summed E-state index contributed by atoms with van der Waals surface area (Å²) in [4.78, 5) is 21.4. The molecule has 0 radical (unpaired) electrons. The van der Waals surface area contributed by atoms with Gasteiger partial charge in [0.25, 0.3) is 6.43 Å². The fraction of sp³-hybridized carbons (Fsp3) is 0.778. The number of hydrogen-bond donors (Lipinski definition) is 2. The van der Waals surface area contributed by atoms with Gasteiger partial charge in [-0.1, -0.05) is 0 Å². The summed E-state index contributed by atoms with van der Waals surface area (Å²) in [6.07, 6.45) is -7.14. The van der Waals surface area contributed by atoms with Gasteiger partial charge in [-0.15, -0.1) is 0 Å². The number of alkyl halides is 5. The molecule has 21 heavy (non-hydrogen) atoms. The van der Waals surface area contributed by atoms with Gasteiger partial charge in [0, 0.05) is 6.92 Å². The van der Waals surface area contributed by atoms with Crippen LogP contribution in [0.15, 0.2) is 0 Å². The normalized spacial score (nSPS) is 16.3. The predicted octanol–water partition coefficient (Wildman–Crippen LogP) is 0.494. The van der Waals surface area contributed by atoms with Crippen LogP contribution in [-0.4, -0.2) is 57.6 Å². The second-order valence-corrected chi connectivity index (χ2v) is 5.26. The first kappa shape index (κ1) is 19.7. The zero-order valence-corrected chi connectivity index (χ0v) is 11.3. The van der Waals surface area contributed by atoms with Gasteiger partial charge in [0.05, 0.1) is 16.6 Å². The Hall–Kier alpha value is -1.30. The van der Waals surface area contributed by atoms with E-state index >= 15 is 0 Å². The summed E-state index contributed by atoms with van der Waals surface area (Å²) in [6, 6.07) is -1.97. The Kier molecular flexibility index (Phi) is 7.71. The van der Waals surface area contributed by atoms with Crippen molar-refractivity contribution in [2.24, 2.45) is 0 Å². The van der Waals surface area contributed by atoms with Crippen LogP contribution in [0.4, 0.5) is 22.0 Å². The molecule has 0 fully saturated rings. The molecule has 0 aliphatic rings. The summed E-state index contributed by atoms with van der Waals surface area (Å²) in [5, 5.41) is 5.67. The van der Waals surface area contributed by atoms with Gasteiger partial charge in [0.2, 0.25) is 5.91 Å². The van der Waals surface area contributed by atoms with E-state index in [1.807, 2.05) is 0 Å². The summed E-state index contributed by atoms with van der Waals surface area (Å²) in [5.74, 6) is -4.04. The zero-order valence-electron chi connectivity index (χ0n) is 10.5. The molecule has 0 saturated heterocycles. The topological polar surface area (TPSA) is 92.7 Å². The number of carboxylic acid groups (broad SMARTS) is 1. The molecule has 0 heterocycles. The molecule has 0 aromatic carbocycles. The Bertz CT molecular complexity index is 408. The zero-order chi connectivity index (χ0) is 16.8. The van der Waals surface area contributed by atoms with Crippen molar-refractivity contribution in [3.05, 3.63) is 0 Å². The molecule has 0 bridgehead atoms. The maximum Gasteiger partial charge on any atom is 0.352 e. The molecule has 0 saturated carbocycles. The first-order chi connectivity index (χ1) is 9.53. The lowest BCUT2D eigenvalue weighted by Gasteiger charge is -2.25. The minimum atomic E-state index is -4.70. The van der Waals surface area contributed by atoms with Crippen molar-refractivity contribution in [1.29, 1.82) is 0 Å². The van der Waals surface area contributed by atoms with Crippen LogP contribution in [-0.2, 0) is 25.1 Å². The molecule has 1 amide bonds. The van der Waals surface area contributed by atoms with E-state index in [9.17, 15) is 35.8 Å². The van der Waals surface area contributed by atoms with E-state index in [4.69, 9.17) is 5.11 Å². The number of carboxylic acids is 1. The Labute approximate surface area is 118 Å². The van der Waals surface area contributed by atoms with E-state index in [1.54, 1.807) is 5.32 Å². The number of halogens is 5. The van der Waals surface area contributed by atoms with Gasteiger partial charge in [0.1, 0.15) is 6.04 Å². The lowest BCUT2D eigenvalue weighted by atomic mass is 10.3. The van der Waals surface area contributed by atoms with Gasteiger partial charge >= 0.3 is 11.2 Å². The number of carbonyl (C=O) groups is 2. The molecule has 3 unspecified atom stereocenters. The summed E-state index contributed by atoms with van der Waals surface area (Å²) in [7, 11) is -3.45. The maximum absolute atomic E-state index is 13.5. The minimum Gasteiger partial charge on any atom is -0.480 e. The van der Waals surface area contributed by atoms with Crippen molar-refractivity contribution in [2.75, 3.05) is 12.6 Å². The average Bonchev–Trinajstić information content (AvgIpc) is 2.33. The second-order valence-electron chi connectivity index (χ2n) is 3.70. The van der Waals surface area contributed by atoms with E-state index in [0.717, 1.165) is 6.92 Å². The fourth-order valence-corrected chi connectivity index (χ4v) is 2.38. The molecule has 0 aromatic rings. The fourth-order valence-electron chi connectivity index (χ4n) is 1.20. The first-order valence-corrected chi connectivity index (χ1v) is 6.57. The highest BCUT2D eigenvalue weighted by atomic mass is 32.2. The number of nitrogens with one attached hydrogen (secondary N) is 1. The third-order valence-corrected chi connectivity index (χ3v) is 3.58. The highest BCUT2D eigenvalue weighted by Crippen LogP contribution is 2.30. The van der Waals surface area contributed by atoms with Crippen LogP contribution in [0.5, 0.6) is 0 Å². The summed E-state index contributed by atoms with van der Waals surface area (Å²) in [5.41, 5.74) is 0. The Morgan fingerprint density at radius 1 is 1.38 bits per heavy atom. The predicted molar refractivity (Wildman–Crippen MR) is 60.0 cm³/mol. The SMILES string of the molecule is CC(=O)NC(CS(=O)C(F)(F)C(OCF)C(F)F)C(=O)O. The highest BCUT2D eigenvalue weighted by molar-refractivity contribution is 7.86. The van der Waals surface area contributed by atoms with Crippen LogP contribution in [0.25, 0.3) is 0 Å². The quantitative estimate of drug-likeness (QED) is 0.596. The van der Waals surface area contributed by atoms with Crippen LogP contribution in [0.3, 0.4) is 0 Å². The number of aliphatic carboxylic acids is 1. The molecule has 0 rings (SSSR count). The van der Waals surface area contributed by atoms with E-state index in [0.29, 0.717) is 0 Å². The molecule has 0 aliphatic carbocycles. The molecular weight excluding hydrogens is 329 g/mol. The Morgan fingerprint density at radius 3 is 2.24 bits per heavy atom. The van der Waals surface area contributed by atoms with Gasteiger partial charge in [-0.3, -0.25) is 9.00 Å². The van der Waals surface area contributed by atoms with E-state index in [-0.39, 0.29) is 0 Å². The summed E-state index contributed by atoms with van der Waals surface area (Å²) < 4.78 is 78.5. The van der Waals surface area contributed by atoms with Crippen LogP contribution in [0, 0.1) is 0 Å². The van der Waals surface area contributed by atoms with E-state index in [1.165, 1.54) is 0 Å². The molecule has 0 aliphatic heterocycles. The lowest BCUT2D eigenvalue weighted by Crippen LogP contribution is -2.50. The number of amides is 1. The standard InChI is InChI=1S/C9H12F5NO5S/c1-4(16)15-5(8(17)18)2-21(19)9(13,14)6(7(11)12)20-3-10/h5-7H,2-3H2,1H3,(H,15,16)(H,17,18). The summed E-state index contributed by atoms with van der Waals surface area (Å²) >= 11 is 0. The number of hydrogen-bond acceptors (Lipinski definition) is 4. The number of rotatable bonds is 9. The second kappa shape index (κ2) is 8.22. The maximum atomic E-state index is 13.5. The van der Waals surface area contributed by atoms with E-state index in [2.05, 4.69) is 4.74 Å². The lowest BCUT2D eigenvalue weighted by molar-refractivity contribution is -0.163. The third-order valence-electron chi connectivity index (χ3n) is 2.10. The average molecular weight is 341 g/mol. The molecule has 124 valence electrons. The first-order valence-electron chi connectivity index (χ1n) is 5.25. The van der Waals surface area contributed by atoms with Gasteiger partial charge < -0.3 is 15.2 Å². The van der Waals surface area contributed by atoms with Crippen molar-refractivity contribution >= 4 is 22.7 Å². The van der Waals surface area contributed by atoms with Crippen LogP contribution in [0.2, 0.25) is 0 Å². The smallest absolute Gasteiger partial charge is 0.352 e. The number of ether oxygens (including phenoxy) is 1. The van der Waals surface area contributed by atoms with Gasteiger partial charge in [-0.05, 0) is 0 Å². The minimum absolute atomic E-state index is 0.880. The van der Waals surface area contributed by atoms with E-state index < -0.39 is 59.1 Å². The Balaban J connectivity index is 5.09. The van der Waals surface area contributed by atoms with Crippen LogP contribution >= 0.6 is 0 Å². The molecular formula is C9H12F5NO5S. The molecule has 2 N–H and O–H groups in total. The molecule has 0 aromatic heterocycles. The third kappa shape index (κ3) is 5.91. The number of carbonyl (C=O) groups excluding carboxylic acids is 1. The van der Waals surface area contributed by atoms with Gasteiger partial charge in [-0.2, -0.15) is 8.78 Å². The van der Waals surface area contributed by atoms with Crippen molar-refractivity contribution in [1.82, 2.24) is 5.32 Å². The highest BCUT2D eigenvalue weighted by Gasteiger charge is 2.52. The van der Waals surface area contributed by atoms with Crippen LogP contribution < -0.4 is 5.32 Å². The van der Waals surface area contributed by atoms with Crippen molar-refractivity contribution in [2.45, 2.75) is 30.7 Å². The van der Waals surface area contributed by atoms with Crippen molar-refractivity contribution in [3.8, 4) is 0 Å². The largest absolute Gasteiger partial charge is 0.480 e. The van der Waals surface area contributed by atoms with Crippen molar-refractivity contribution < 1.29 is 45.6 Å². The molecule has 12 heteroatoms.